The summed E-state index contributed by atoms with van der Waals surface area (Å²) in [5.41, 5.74) is 0.763. The Balaban J connectivity index is 2.57. The Morgan fingerprint density at radius 1 is 1.09 bits per heavy atom. The van der Waals surface area contributed by atoms with Crippen LogP contribution >= 0.6 is 0 Å². The summed E-state index contributed by atoms with van der Waals surface area (Å²) in [6.07, 6.45) is -4.42. The van der Waals surface area contributed by atoms with E-state index in [9.17, 15) is 18.0 Å². The zero-order valence-electron chi connectivity index (χ0n) is 12.5. The van der Waals surface area contributed by atoms with Gasteiger partial charge in [-0.2, -0.15) is 18.4 Å². The molecule has 0 saturated carbocycles. The second-order valence-corrected chi connectivity index (χ2v) is 5.15. The normalized spacial score (nSPS) is 11.0. The fourth-order valence-electron chi connectivity index (χ4n) is 2.12. The number of carbonyl (C=O) groups excluding carboxylic acids is 1. The second-order valence-electron chi connectivity index (χ2n) is 5.15. The summed E-state index contributed by atoms with van der Waals surface area (Å²) in [5.74, 6) is -0.288. The highest BCUT2D eigenvalue weighted by atomic mass is 19.4. The standard InChI is InChI=1S/C17H13F3N2O/c1-22(2)16(23)14-8-3-11(10-21)9-15(14)12-4-6-13(7-5-12)17(18,19)20/h3-9H,1-2H3. The molecule has 1 amide bonds. The van der Waals surface area contributed by atoms with Gasteiger partial charge in [0.25, 0.3) is 5.91 Å². The van der Waals surface area contributed by atoms with Crippen molar-refractivity contribution >= 4 is 5.91 Å². The minimum absolute atomic E-state index is 0.288. The van der Waals surface area contributed by atoms with Gasteiger partial charge < -0.3 is 4.90 Å². The minimum atomic E-state index is -4.42. The van der Waals surface area contributed by atoms with E-state index in [4.69, 9.17) is 5.26 Å². The molecule has 0 aliphatic rings. The van der Waals surface area contributed by atoms with Crippen LogP contribution in [0, 0.1) is 11.3 Å². The Morgan fingerprint density at radius 2 is 1.70 bits per heavy atom. The van der Waals surface area contributed by atoms with Gasteiger partial charge in [0.1, 0.15) is 0 Å². The first kappa shape index (κ1) is 16.6. The Kier molecular flexibility index (Phi) is 4.41. The van der Waals surface area contributed by atoms with Gasteiger partial charge in [0.05, 0.1) is 17.2 Å². The van der Waals surface area contributed by atoms with Gasteiger partial charge in [-0.25, -0.2) is 0 Å². The lowest BCUT2D eigenvalue weighted by molar-refractivity contribution is -0.137. The molecule has 0 atom stereocenters. The van der Waals surface area contributed by atoms with E-state index in [1.54, 1.807) is 14.1 Å². The largest absolute Gasteiger partial charge is 0.416 e. The molecule has 0 fully saturated rings. The van der Waals surface area contributed by atoms with Crippen molar-refractivity contribution in [1.82, 2.24) is 4.90 Å². The second kappa shape index (κ2) is 6.13. The Labute approximate surface area is 131 Å². The van der Waals surface area contributed by atoms with Crippen LogP contribution in [-0.2, 0) is 6.18 Å². The number of carbonyl (C=O) groups is 1. The molecule has 0 unspecified atom stereocenters. The average molecular weight is 318 g/mol. The van der Waals surface area contributed by atoms with E-state index in [1.165, 1.54) is 35.2 Å². The lowest BCUT2D eigenvalue weighted by Crippen LogP contribution is -2.22. The number of halogens is 3. The zero-order chi connectivity index (χ0) is 17.2. The fourth-order valence-corrected chi connectivity index (χ4v) is 2.12. The molecule has 0 N–H and O–H groups in total. The number of hydrogen-bond acceptors (Lipinski definition) is 2. The van der Waals surface area contributed by atoms with Crippen LogP contribution in [0.3, 0.4) is 0 Å². The number of hydrogen-bond donors (Lipinski definition) is 0. The van der Waals surface area contributed by atoms with Crippen LogP contribution in [0.5, 0.6) is 0 Å². The molecule has 2 aromatic carbocycles. The van der Waals surface area contributed by atoms with Crippen molar-refractivity contribution in [2.75, 3.05) is 14.1 Å². The molecular weight excluding hydrogens is 305 g/mol. The number of nitrogens with zero attached hydrogens (tertiary/aromatic N) is 2. The van der Waals surface area contributed by atoms with E-state index in [2.05, 4.69) is 0 Å². The molecule has 0 spiro atoms. The van der Waals surface area contributed by atoms with Gasteiger partial charge in [0.15, 0.2) is 0 Å². The van der Waals surface area contributed by atoms with Crippen molar-refractivity contribution in [3.8, 4) is 17.2 Å². The van der Waals surface area contributed by atoms with Crippen molar-refractivity contribution in [2.45, 2.75) is 6.18 Å². The third-order valence-corrected chi connectivity index (χ3v) is 3.31. The SMILES string of the molecule is CN(C)C(=O)c1ccc(C#N)cc1-c1ccc(C(F)(F)F)cc1. The van der Waals surface area contributed by atoms with E-state index < -0.39 is 11.7 Å². The first-order valence-corrected chi connectivity index (χ1v) is 6.67. The van der Waals surface area contributed by atoms with E-state index in [1.807, 2.05) is 6.07 Å². The summed E-state index contributed by atoms with van der Waals surface area (Å²) >= 11 is 0. The lowest BCUT2D eigenvalue weighted by Gasteiger charge is -2.15. The first-order chi connectivity index (χ1) is 10.7. The molecule has 2 rings (SSSR count). The van der Waals surface area contributed by atoms with Gasteiger partial charge >= 0.3 is 6.18 Å². The molecule has 0 aliphatic heterocycles. The molecule has 2 aromatic rings. The predicted octanol–water partition coefficient (Wildman–Crippen LogP) is 3.95. The maximum Gasteiger partial charge on any atom is 0.416 e. The van der Waals surface area contributed by atoms with Crippen LogP contribution in [0.4, 0.5) is 13.2 Å². The summed E-state index contributed by atoms with van der Waals surface area (Å²) in [4.78, 5) is 13.6. The highest BCUT2D eigenvalue weighted by Gasteiger charge is 2.30. The molecule has 0 radical (unpaired) electrons. The van der Waals surface area contributed by atoms with Crippen LogP contribution in [0.25, 0.3) is 11.1 Å². The van der Waals surface area contributed by atoms with Gasteiger partial charge in [-0.15, -0.1) is 0 Å². The van der Waals surface area contributed by atoms with Crippen molar-refractivity contribution in [3.05, 3.63) is 59.2 Å². The van der Waals surface area contributed by atoms with Gasteiger partial charge in [0.2, 0.25) is 0 Å². The molecule has 0 saturated heterocycles. The summed E-state index contributed by atoms with van der Waals surface area (Å²) in [6.45, 7) is 0. The number of nitriles is 1. The van der Waals surface area contributed by atoms with Gasteiger partial charge in [-0.05, 0) is 41.5 Å². The summed E-state index contributed by atoms with van der Waals surface area (Å²) in [6, 6.07) is 11.0. The van der Waals surface area contributed by atoms with Crippen molar-refractivity contribution in [2.24, 2.45) is 0 Å². The summed E-state index contributed by atoms with van der Waals surface area (Å²) in [5, 5.41) is 9.00. The first-order valence-electron chi connectivity index (χ1n) is 6.67. The Hall–Kier alpha value is -2.81. The minimum Gasteiger partial charge on any atom is -0.345 e. The number of benzene rings is 2. The number of alkyl halides is 3. The topological polar surface area (TPSA) is 44.1 Å². The average Bonchev–Trinajstić information content (AvgIpc) is 2.52. The van der Waals surface area contributed by atoms with Crippen molar-refractivity contribution in [1.29, 1.82) is 5.26 Å². The molecule has 0 bridgehead atoms. The van der Waals surface area contributed by atoms with Crippen molar-refractivity contribution < 1.29 is 18.0 Å². The molecular formula is C17H13F3N2O. The lowest BCUT2D eigenvalue weighted by atomic mass is 9.96. The highest BCUT2D eigenvalue weighted by molar-refractivity contribution is 6.00. The van der Waals surface area contributed by atoms with E-state index in [0.717, 1.165) is 12.1 Å². The van der Waals surface area contributed by atoms with Crippen LogP contribution < -0.4 is 0 Å². The van der Waals surface area contributed by atoms with Crippen LogP contribution in [-0.4, -0.2) is 24.9 Å². The Bertz CT molecular complexity index is 772. The predicted molar refractivity (Wildman–Crippen MR) is 79.6 cm³/mol. The third kappa shape index (κ3) is 3.51. The van der Waals surface area contributed by atoms with E-state index >= 15 is 0 Å². The fraction of sp³-hybridized carbons (Fsp3) is 0.176. The van der Waals surface area contributed by atoms with E-state index in [-0.39, 0.29) is 5.91 Å². The van der Waals surface area contributed by atoms with Gasteiger partial charge in [0, 0.05) is 19.7 Å². The molecule has 23 heavy (non-hydrogen) atoms. The molecule has 118 valence electrons. The summed E-state index contributed by atoms with van der Waals surface area (Å²) < 4.78 is 38.0. The number of amides is 1. The maximum atomic E-state index is 12.7. The van der Waals surface area contributed by atoms with Crippen molar-refractivity contribution in [3.63, 3.8) is 0 Å². The number of rotatable bonds is 2. The van der Waals surface area contributed by atoms with Crippen LogP contribution in [0.1, 0.15) is 21.5 Å². The zero-order valence-corrected chi connectivity index (χ0v) is 12.5. The monoisotopic (exact) mass is 318 g/mol. The van der Waals surface area contributed by atoms with E-state index in [0.29, 0.717) is 22.3 Å². The molecule has 0 heterocycles. The van der Waals surface area contributed by atoms with Crippen LogP contribution in [0.2, 0.25) is 0 Å². The Morgan fingerprint density at radius 3 is 2.17 bits per heavy atom. The summed E-state index contributed by atoms with van der Waals surface area (Å²) in [7, 11) is 3.16. The van der Waals surface area contributed by atoms with Gasteiger partial charge in [-0.1, -0.05) is 12.1 Å². The molecule has 3 nitrogen and oxygen atoms in total. The van der Waals surface area contributed by atoms with Crippen LogP contribution in [0.15, 0.2) is 42.5 Å². The smallest absolute Gasteiger partial charge is 0.345 e. The molecule has 0 aromatic heterocycles. The molecule has 6 heteroatoms. The third-order valence-electron chi connectivity index (χ3n) is 3.31. The highest BCUT2D eigenvalue weighted by Crippen LogP contribution is 2.32. The maximum absolute atomic E-state index is 12.7. The quantitative estimate of drug-likeness (QED) is 0.841. The molecule has 0 aliphatic carbocycles. The van der Waals surface area contributed by atoms with Gasteiger partial charge in [-0.3, -0.25) is 4.79 Å².